The summed E-state index contributed by atoms with van der Waals surface area (Å²) in [6.07, 6.45) is 2.08. The van der Waals surface area contributed by atoms with Gasteiger partial charge in [0.05, 0.1) is 0 Å². The highest BCUT2D eigenvalue weighted by Gasteiger charge is 2.22. The van der Waals surface area contributed by atoms with Crippen molar-refractivity contribution in [3.63, 3.8) is 0 Å². The second kappa shape index (κ2) is 5.63. The largest absolute Gasteiger partial charge is 0.339 e. The molecule has 1 aromatic rings. The number of hydrogen-bond donors (Lipinski definition) is 0. The number of likely N-dealkylation sites (tertiary alicyclic amines) is 1. The number of hydrogen-bond acceptors (Lipinski definition) is 1. The Hall–Kier alpha value is -0.900. The van der Waals surface area contributed by atoms with Crippen molar-refractivity contribution < 1.29 is 9.18 Å². The van der Waals surface area contributed by atoms with Gasteiger partial charge >= 0.3 is 0 Å². The van der Waals surface area contributed by atoms with Gasteiger partial charge in [-0.15, -0.1) is 0 Å². The van der Waals surface area contributed by atoms with E-state index in [0.717, 1.165) is 31.3 Å². The number of nitrogens with zero attached hydrogens (tertiary/aromatic N) is 1. The average molecular weight is 300 g/mol. The van der Waals surface area contributed by atoms with Crippen molar-refractivity contribution in [1.29, 1.82) is 0 Å². The second-order valence-electron chi connectivity index (χ2n) is 4.40. The molecule has 1 fully saturated rings. The number of amides is 1. The standard InChI is InChI=1S/C13H15BrFNO/c14-9-10-5-7-16(8-6-10)13(17)11-1-3-12(15)4-2-11/h1-4,10H,5-9H2. The van der Waals surface area contributed by atoms with Crippen LogP contribution in [0, 0.1) is 11.7 Å². The maximum atomic E-state index is 12.8. The number of benzene rings is 1. The molecule has 0 unspecified atom stereocenters. The van der Waals surface area contributed by atoms with Crippen molar-refractivity contribution in [3.8, 4) is 0 Å². The molecule has 1 saturated heterocycles. The number of halogens is 2. The summed E-state index contributed by atoms with van der Waals surface area (Å²) in [6, 6.07) is 5.76. The van der Waals surface area contributed by atoms with E-state index in [9.17, 15) is 9.18 Å². The van der Waals surface area contributed by atoms with Gasteiger partial charge in [-0.05, 0) is 43.0 Å². The molecule has 0 spiro atoms. The number of carbonyl (C=O) groups is 1. The van der Waals surface area contributed by atoms with Crippen molar-refractivity contribution in [2.75, 3.05) is 18.4 Å². The Bertz CT molecular complexity index is 385. The van der Waals surface area contributed by atoms with Crippen LogP contribution in [-0.4, -0.2) is 29.2 Å². The zero-order valence-corrected chi connectivity index (χ0v) is 11.1. The third-order valence-corrected chi connectivity index (χ3v) is 4.13. The van der Waals surface area contributed by atoms with Crippen LogP contribution in [0.2, 0.25) is 0 Å². The van der Waals surface area contributed by atoms with E-state index >= 15 is 0 Å². The van der Waals surface area contributed by atoms with Gasteiger partial charge in [0.15, 0.2) is 0 Å². The third kappa shape index (κ3) is 3.06. The first kappa shape index (κ1) is 12.6. The van der Waals surface area contributed by atoms with E-state index in [1.807, 2.05) is 4.90 Å². The van der Waals surface area contributed by atoms with Crippen LogP contribution >= 0.6 is 15.9 Å². The molecule has 1 aromatic carbocycles. The Morgan fingerprint density at radius 2 is 1.88 bits per heavy atom. The van der Waals surface area contributed by atoms with Gasteiger partial charge in [0.1, 0.15) is 5.82 Å². The van der Waals surface area contributed by atoms with Crippen LogP contribution in [0.3, 0.4) is 0 Å². The van der Waals surface area contributed by atoms with E-state index in [0.29, 0.717) is 11.5 Å². The third-order valence-electron chi connectivity index (χ3n) is 3.21. The Labute approximate surface area is 109 Å². The molecule has 17 heavy (non-hydrogen) atoms. The minimum atomic E-state index is -0.306. The van der Waals surface area contributed by atoms with Crippen LogP contribution in [0.25, 0.3) is 0 Å². The summed E-state index contributed by atoms with van der Waals surface area (Å²) in [4.78, 5) is 14.0. The first-order chi connectivity index (χ1) is 8.20. The Kier molecular flexibility index (Phi) is 4.15. The summed E-state index contributed by atoms with van der Waals surface area (Å²) in [5.74, 6) is 0.379. The molecule has 1 aliphatic rings. The molecule has 0 aliphatic carbocycles. The summed E-state index contributed by atoms with van der Waals surface area (Å²) in [7, 11) is 0. The van der Waals surface area contributed by atoms with E-state index in [2.05, 4.69) is 15.9 Å². The fourth-order valence-electron chi connectivity index (χ4n) is 2.07. The van der Waals surface area contributed by atoms with Crippen LogP contribution < -0.4 is 0 Å². The van der Waals surface area contributed by atoms with Crippen molar-refractivity contribution in [1.82, 2.24) is 4.90 Å². The van der Waals surface area contributed by atoms with Crippen molar-refractivity contribution in [2.45, 2.75) is 12.8 Å². The van der Waals surface area contributed by atoms with E-state index in [-0.39, 0.29) is 11.7 Å². The SMILES string of the molecule is O=C(c1ccc(F)cc1)N1CCC(CBr)CC1. The minimum absolute atomic E-state index is 0.0121. The molecule has 92 valence electrons. The monoisotopic (exact) mass is 299 g/mol. The summed E-state index contributed by atoms with van der Waals surface area (Å²) >= 11 is 3.48. The first-order valence-electron chi connectivity index (χ1n) is 5.81. The lowest BCUT2D eigenvalue weighted by molar-refractivity contribution is 0.0699. The number of alkyl halides is 1. The molecule has 0 aromatic heterocycles. The molecule has 0 saturated carbocycles. The molecule has 0 N–H and O–H groups in total. The second-order valence-corrected chi connectivity index (χ2v) is 5.04. The van der Waals surface area contributed by atoms with Crippen LogP contribution in [0.5, 0.6) is 0 Å². The van der Waals surface area contributed by atoms with E-state index in [1.165, 1.54) is 12.1 Å². The van der Waals surface area contributed by atoms with E-state index in [4.69, 9.17) is 0 Å². The predicted octanol–water partition coefficient (Wildman–Crippen LogP) is 3.07. The normalized spacial score (nSPS) is 17.2. The molecule has 0 bridgehead atoms. The van der Waals surface area contributed by atoms with Crippen molar-refractivity contribution >= 4 is 21.8 Å². The van der Waals surface area contributed by atoms with Gasteiger partial charge in [0.25, 0.3) is 5.91 Å². The molecule has 2 rings (SSSR count). The number of piperidine rings is 1. The summed E-state index contributed by atoms with van der Waals surface area (Å²) in [5, 5.41) is 1.01. The highest BCUT2D eigenvalue weighted by Crippen LogP contribution is 2.20. The minimum Gasteiger partial charge on any atom is -0.339 e. The van der Waals surface area contributed by atoms with Crippen LogP contribution in [0.15, 0.2) is 24.3 Å². The lowest BCUT2D eigenvalue weighted by Crippen LogP contribution is -2.38. The maximum absolute atomic E-state index is 12.8. The summed E-state index contributed by atoms with van der Waals surface area (Å²) in [5.41, 5.74) is 0.573. The molecular weight excluding hydrogens is 285 g/mol. The number of carbonyl (C=O) groups excluding carboxylic acids is 1. The molecule has 1 aliphatic heterocycles. The fraction of sp³-hybridized carbons (Fsp3) is 0.462. The molecule has 4 heteroatoms. The zero-order valence-electron chi connectivity index (χ0n) is 9.53. The topological polar surface area (TPSA) is 20.3 Å². The van der Waals surface area contributed by atoms with Crippen LogP contribution in [0.4, 0.5) is 4.39 Å². The first-order valence-corrected chi connectivity index (χ1v) is 6.93. The van der Waals surface area contributed by atoms with Gasteiger partial charge in [-0.2, -0.15) is 0 Å². The molecule has 1 amide bonds. The summed E-state index contributed by atoms with van der Waals surface area (Å²) < 4.78 is 12.8. The lowest BCUT2D eigenvalue weighted by Gasteiger charge is -2.31. The summed E-state index contributed by atoms with van der Waals surface area (Å²) in [6.45, 7) is 1.60. The zero-order chi connectivity index (χ0) is 12.3. The molecule has 0 radical (unpaired) electrons. The molecule has 1 heterocycles. The fourth-order valence-corrected chi connectivity index (χ4v) is 2.71. The molecular formula is C13H15BrFNO. The van der Waals surface area contributed by atoms with Gasteiger partial charge in [-0.25, -0.2) is 4.39 Å². The smallest absolute Gasteiger partial charge is 0.253 e. The quantitative estimate of drug-likeness (QED) is 0.769. The van der Waals surface area contributed by atoms with Gasteiger partial charge in [-0.3, -0.25) is 4.79 Å². The Balaban J connectivity index is 1.99. The Morgan fingerprint density at radius 1 is 1.29 bits per heavy atom. The highest BCUT2D eigenvalue weighted by molar-refractivity contribution is 9.09. The van der Waals surface area contributed by atoms with Gasteiger partial charge in [0, 0.05) is 24.0 Å². The van der Waals surface area contributed by atoms with Crippen LogP contribution in [-0.2, 0) is 0 Å². The molecule has 0 atom stereocenters. The number of rotatable bonds is 2. The molecule has 2 nitrogen and oxygen atoms in total. The van der Waals surface area contributed by atoms with Crippen LogP contribution in [0.1, 0.15) is 23.2 Å². The van der Waals surface area contributed by atoms with Gasteiger partial charge in [0.2, 0.25) is 0 Å². The van der Waals surface area contributed by atoms with Crippen molar-refractivity contribution in [3.05, 3.63) is 35.6 Å². The maximum Gasteiger partial charge on any atom is 0.253 e. The average Bonchev–Trinajstić information content (AvgIpc) is 2.39. The Morgan fingerprint density at radius 3 is 2.41 bits per heavy atom. The van der Waals surface area contributed by atoms with Gasteiger partial charge < -0.3 is 4.90 Å². The highest BCUT2D eigenvalue weighted by atomic mass is 79.9. The lowest BCUT2D eigenvalue weighted by atomic mass is 9.98. The van der Waals surface area contributed by atoms with E-state index < -0.39 is 0 Å². The van der Waals surface area contributed by atoms with E-state index in [1.54, 1.807) is 12.1 Å². The van der Waals surface area contributed by atoms with Gasteiger partial charge in [-0.1, -0.05) is 15.9 Å². The predicted molar refractivity (Wildman–Crippen MR) is 68.8 cm³/mol. The van der Waals surface area contributed by atoms with Crippen molar-refractivity contribution in [2.24, 2.45) is 5.92 Å².